The van der Waals surface area contributed by atoms with Crippen molar-refractivity contribution in [2.24, 2.45) is 5.92 Å². The Morgan fingerprint density at radius 3 is 3.00 bits per heavy atom. The minimum absolute atomic E-state index is 0.0782. The highest BCUT2D eigenvalue weighted by Gasteiger charge is 2.38. The molecule has 0 bridgehead atoms. The van der Waals surface area contributed by atoms with E-state index in [2.05, 4.69) is 23.6 Å². The fraction of sp³-hybridized carbons (Fsp3) is 0.500. The van der Waals surface area contributed by atoms with Gasteiger partial charge in [0.05, 0.1) is 0 Å². The third-order valence-corrected chi connectivity index (χ3v) is 3.86. The first-order valence-corrected chi connectivity index (χ1v) is 6.42. The standard InChI is InChI=1S/C14H18N2O/c1-2-9-7-12(9)16-14(17)13-8-10-5-3-4-6-11(10)15-13/h3-6,9,12-13,15H,2,7-8H2,1H3,(H,16,17). The van der Waals surface area contributed by atoms with E-state index in [1.54, 1.807) is 0 Å². The zero-order chi connectivity index (χ0) is 11.8. The van der Waals surface area contributed by atoms with Gasteiger partial charge in [0.25, 0.3) is 0 Å². The van der Waals surface area contributed by atoms with Crippen molar-refractivity contribution in [2.45, 2.75) is 38.3 Å². The van der Waals surface area contributed by atoms with Gasteiger partial charge >= 0.3 is 0 Å². The Balaban J connectivity index is 1.59. The first-order valence-electron chi connectivity index (χ1n) is 6.42. The van der Waals surface area contributed by atoms with Gasteiger partial charge in [-0.25, -0.2) is 0 Å². The van der Waals surface area contributed by atoms with Crippen LogP contribution in [0.4, 0.5) is 5.69 Å². The molecule has 3 unspecified atom stereocenters. The third kappa shape index (κ3) is 2.02. The van der Waals surface area contributed by atoms with Crippen molar-refractivity contribution >= 4 is 11.6 Å². The van der Waals surface area contributed by atoms with Gasteiger partial charge in [0.2, 0.25) is 5.91 Å². The van der Waals surface area contributed by atoms with Gasteiger partial charge in [0.15, 0.2) is 0 Å². The predicted octanol–water partition coefficient (Wildman–Crippen LogP) is 1.94. The number of nitrogens with one attached hydrogen (secondary N) is 2. The largest absolute Gasteiger partial charge is 0.373 e. The maximum absolute atomic E-state index is 12.1. The van der Waals surface area contributed by atoms with Crippen molar-refractivity contribution in [3.8, 4) is 0 Å². The maximum atomic E-state index is 12.1. The predicted molar refractivity (Wildman–Crippen MR) is 67.9 cm³/mol. The Morgan fingerprint density at radius 2 is 2.29 bits per heavy atom. The van der Waals surface area contributed by atoms with Gasteiger partial charge < -0.3 is 10.6 Å². The molecule has 2 N–H and O–H groups in total. The summed E-state index contributed by atoms with van der Waals surface area (Å²) in [6.07, 6.45) is 3.14. The second kappa shape index (κ2) is 4.06. The second-order valence-electron chi connectivity index (χ2n) is 5.08. The average molecular weight is 230 g/mol. The summed E-state index contributed by atoms with van der Waals surface area (Å²) in [6.45, 7) is 2.18. The summed E-state index contributed by atoms with van der Waals surface area (Å²) in [5.41, 5.74) is 2.35. The molecule has 1 saturated carbocycles. The van der Waals surface area contributed by atoms with Crippen LogP contribution >= 0.6 is 0 Å². The topological polar surface area (TPSA) is 41.1 Å². The SMILES string of the molecule is CCC1CC1NC(=O)C1Cc2ccccc2N1. The second-order valence-corrected chi connectivity index (χ2v) is 5.08. The maximum Gasteiger partial charge on any atom is 0.243 e. The molecule has 0 radical (unpaired) electrons. The van der Waals surface area contributed by atoms with Gasteiger partial charge in [-0.3, -0.25) is 4.79 Å². The Bertz CT molecular complexity index is 419. The molecule has 1 aromatic rings. The lowest BCUT2D eigenvalue weighted by atomic mass is 10.1. The molecule has 3 nitrogen and oxygen atoms in total. The van der Waals surface area contributed by atoms with Crippen molar-refractivity contribution in [3.05, 3.63) is 29.8 Å². The summed E-state index contributed by atoms with van der Waals surface area (Å²) < 4.78 is 0. The molecule has 1 heterocycles. The first-order chi connectivity index (χ1) is 8.28. The van der Waals surface area contributed by atoms with Crippen LogP contribution in [-0.2, 0) is 11.2 Å². The number of benzene rings is 1. The number of hydrogen-bond donors (Lipinski definition) is 2. The van der Waals surface area contributed by atoms with Crippen molar-refractivity contribution in [2.75, 3.05) is 5.32 Å². The third-order valence-electron chi connectivity index (χ3n) is 3.86. The van der Waals surface area contributed by atoms with Crippen LogP contribution in [0.2, 0.25) is 0 Å². The van der Waals surface area contributed by atoms with Crippen LogP contribution in [0.3, 0.4) is 0 Å². The summed E-state index contributed by atoms with van der Waals surface area (Å²) in [6, 6.07) is 8.49. The summed E-state index contributed by atoms with van der Waals surface area (Å²) >= 11 is 0. The molecule has 0 spiro atoms. The normalized spacial score (nSPS) is 29.4. The van der Waals surface area contributed by atoms with Crippen molar-refractivity contribution in [1.82, 2.24) is 5.32 Å². The van der Waals surface area contributed by atoms with Gasteiger partial charge in [-0.1, -0.05) is 31.5 Å². The zero-order valence-corrected chi connectivity index (χ0v) is 10.1. The van der Waals surface area contributed by atoms with Gasteiger partial charge in [-0.05, 0) is 24.0 Å². The number of anilines is 1. The Labute approximate surface area is 102 Å². The summed E-state index contributed by atoms with van der Waals surface area (Å²) in [7, 11) is 0. The van der Waals surface area contributed by atoms with Crippen LogP contribution in [0.25, 0.3) is 0 Å². The Morgan fingerprint density at radius 1 is 1.47 bits per heavy atom. The number of fused-ring (bicyclic) bond motifs is 1. The lowest BCUT2D eigenvalue weighted by molar-refractivity contribution is -0.121. The number of amides is 1. The molecule has 0 aromatic heterocycles. The molecular weight excluding hydrogens is 212 g/mol. The smallest absolute Gasteiger partial charge is 0.243 e. The molecule has 17 heavy (non-hydrogen) atoms. The van der Waals surface area contributed by atoms with E-state index in [1.807, 2.05) is 18.2 Å². The number of rotatable bonds is 3. The van der Waals surface area contributed by atoms with Gasteiger partial charge in [-0.2, -0.15) is 0 Å². The van der Waals surface area contributed by atoms with Crippen molar-refractivity contribution in [1.29, 1.82) is 0 Å². The van der Waals surface area contributed by atoms with E-state index >= 15 is 0 Å². The number of hydrogen-bond acceptors (Lipinski definition) is 2. The fourth-order valence-corrected chi connectivity index (χ4v) is 2.61. The fourth-order valence-electron chi connectivity index (χ4n) is 2.61. The molecular formula is C14H18N2O. The highest BCUT2D eigenvalue weighted by atomic mass is 16.2. The van der Waals surface area contributed by atoms with Gasteiger partial charge in [-0.15, -0.1) is 0 Å². The van der Waals surface area contributed by atoms with Crippen LogP contribution in [0.5, 0.6) is 0 Å². The number of carbonyl (C=O) groups excluding carboxylic acids is 1. The van der Waals surface area contributed by atoms with E-state index in [-0.39, 0.29) is 11.9 Å². The molecule has 1 amide bonds. The molecule has 3 heteroatoms. The lowest BCUT2D eigenvalue weighted by Crippen LogP contribution is -2.40. The van der Waals surface area contributed by atoms with E-state index in [9.17, 15) is 4.79 Å². The zero-order valence-electron chi connectivity index (χ0n) is 10.1. The van der Waals surface area contributed by atoms with E-state index < -0.39 is 0 Å². The van der Waals surface area contributed by atoms with Crippen LogP contribution in [0.15, 0.2) is 24.3 Å². The van der Waals surface area contributed by atoms with Crippen molar-refractivity contribution < 1.29 is 4.79 Å². The molecule has 3 atom stereocenters. The minimum Gasteiger partial charge on any atom is -0.373 e. The molecule has 2 aliphatic rings. The van der Waals surface area contributed by atoms with E-state index in [0.29, 0.717) is 12.0 Å². The number of carbonyl (C=O) groups is 1. The van der Waals surface area contributed by atoms with Crippen molar-refractivity contribution in [3.63, 3.8) is 0 Å². The van der Waals surface area contributed by atoms with Gasteiger partial charge in [0.1, 0.15) is 6.04 Å². The monoisotopic (exact) mass is 230 g/mol. The first kappa shape index (κ1) is 10.6. The quantitative estimate of drug-likeness (QED) is 0.833. The highest BCUT2D eigenvalue weighted by Crippen LogP contribution is 2.33. The summed E-state index contributed by atoms with van der Waals surface area (Å²) in [5.74, 6) is 0.866. The van der Waals surface area contributed by atoms with Crippen LogP contribution in [-0.4, -0.2) is 18.0 Å². The van der Waals surface area contributed by atoms with Crippen LogP contribution in [0, 0.1) is 5.92 Å². The molecule has 90 valence electrons. The Hall–Kier alpha value is -1.51. The van der Waals surface area contributed by atoms with Crippen LogP contribution in [0.1, 0.15) is 25.3 Å². The highest BCUT2D eigenvalue weighted by molar-refractivity contribution is 5.87. The van der Waals surface area contributed by atoms with E-state index in [1.165, 1.54) is 12.0 Å². The molecule has 1 fully saturated rings. The number of para-hydroxylation sites is 1. The van der Waals surface area contributed by atoms with Gasteiger partial charge in [0, 0.05) is 18.2 Å². The minimum atomic E-state index is -0.0782. The summed E-state index contributed by atoms with van der Waals surface area (Å²) in [5, 5.41) is 6.42. The van der Waals surface area contributed by atoms with Crippen LogP contribution < -0.4 is 10.6 Å². The molecule has 1 aromatic carbocycles. The van der Waals surface area contributed by atoms with E-state index in [0.717, 1.165) is 18.5 Å². The Kier molecular flexibility index (Phi) is 2.54. The lowest BCUT2D eigenvalue weighted by Gasteiger charge is -2.11. The molecule has 0 saturated heterocycles. The molecule has 1 aliphatic carbocycles. The summed E-state index contributed by atoms with van der Waals surface area (Å²) in [4.78, 5) is 12.1. The van der Waals surface area contributed by atoms with E-state index in [4.69, 9.17) is 0 Å². The average Bonchev–Trinajstić information content (AvgIpc) is 2.94. The molecule has 1 aliphatic heterocycles. The molecule has 3 rings (SSSR count).